The van der Waals surface area contributed by atoms with Gasteiger partial charge in [0.05, 0.1) is 0 Å². The molecule has 0 radical (unpaired) electrons. The minimum absolute atomic E-state index is 0.123. The van der Waals surface area contributed by atoms with Crippen LogP contribution in [0.1, 0.15) is 6.42 Å². The molecule has 0 atom stereocenters. The van der Waals surface area contributed by atoms with Crippen LogP contribution in [0.25, 0.3) is 0 Å². The molecular formula is C16H21ClN6O2S. The topological polar surface area (TPSA) is 91.3 Å². The summed E-state index contributed by atoms with van der Waals surface area (Å²) in [6, 6.07) is 4.72. The number of nitrogens with one attached hydrogen (secondary N) is 1. The average Bonchev–Trinajstić information content (AvgIpc) is 2.67. The number of nitrogens with zero attached hydrogens (tertiary/aromatic N) is 5. The molecule has 0 bridgehead atoms. The van der Waals surface area contributed by atoms with E-state index >= 15 is 0 Å². The van der Waals surface area contributed by atoms with Crippen molar-refractivity contribution >= 4 is 27.6 Å². The highest BCUT2D eigenvalue weighted by Gasteiger charge is 2.19. The third kappa shape index (κ3) is 5.10. The summed E-state index contributed by atoms with van der Waals surface area (Å²) in [6.07, 6.45) is 5.49. The summed E-state index contributed by atoms with van der Waals surface area (Å²) in [5.41, 5.74) is 0. The Balaban J connectivity index is 1.39. The highest BCUT2D eigenvalue weighted by molar-refractivity contribution is 7.89. The molecule has 2 aromatic rings. The van der Waals surface area contributed by atoms with Crippen LogP contribution in [0.5, 0.6) is 0 Å². The quantitative estimate of drug-likeness (QED) is 0.551. The van der Waals surface area contributed by atoms with Crippen molar-refractivity contribution in [2.75, 3.05) is 44.2 Å². The summed E-state index contributed by atoms with van der Waals surface area (Å²) in [5, 5.41) is 0.268. The van der Waals surface area contributed by atoms with Crippen LogP contribution in [-0.4, -0.2) is 67.5 Å². The lowest BCUT2D eigenvalue weighted by Gasteiger charge is -2.34. The number of sulfonamides is 1. The van der Waals surface area contributed by atoms with E-state index in [1.807, 2.05) is 0 Å². The maximum Gasteiger partial charge on any atom is 0.242 e. The number of aromatic nitrogens is 3. The average molecular weight is 397 g/mol. The molecule has 0 unspecified atom stereocenters. The highest BCUT2D eigenvalue weighted by Crippen LogP contribution is 2.11. The Morgan fingerprint density at radius 3 is 2.46 bits per heavy atom. The lowest BCUT2D eigenvalue weighted by Crippen LogP contribution is -2.47. The Kier molecular flexibility index (Phi) is 6.36. The van der Waals surface area contributed by atoms with Crippen LogP contribution in [-0.2, 0) is 10.0 Å². The van der Waals surface area contributed by atoms with E-state index in [0.29, 0.717) is 6.54 Å². The van der Waals surface area contributed by atoms with Gasteiger partial charge in [-0.1, -0.05) is 11.6 Å². The Hall–Kier alpha value is -1.81. The number of piperazine rings is 1. The first-order valence-electron chi connectivity index (χ1n) is 8.40. The van der Waals surface area contributed by atoms with Gasteiger partial charge in [0.2, 0.25) is 16.0 Å². The molecule has 26 heavy (non-hydrogen) atoms. The molecule has 10 heteroatoms. The van der Waals surface area contributed by atoms with Gasteiger partial charge in [-0.15, -0.1) is 0 Å². The summed E-state index contributed by atoms with van der Waals surface area (Å²) in [6.45, 7) is 4.77. The number of pyridine rings is 1. The van der Waals surface area contributed by atoms with Crippen molar-refractivity contribution in [1.29, 1.82) is 0 Å². The Labute approximate surface area is 158 Å². The third-order valence-corrected chi connectivity index (χ3v) is 5.83. The zero-order valence-corrected chi connectivity index (χ0v) is 15.8. The predicted molar refractivity (Wildman–Crippen MR) is 99.7 cm³/mol. The molecule has 8 nitrogen and oxygen atoms in total. The van der Waals surface area contributed by atoms with E-state index in [1.165, 1.54) is 18.3 Å². The van der Waals surface area contributed by atoms with Crippen LogP contribution >= 0.6 is 11.6 Å². The van der Waals surface area contributed by atoms with Gasteiger partial charge in [-0.25, -0.2) is 28.1 Å². The van der Waals surface area contributed by atoms with Gasteiger partial charge in [-0.05, 0) is 31.2 Å². The van der Waals surface area contributed by atoms with Gasteiger partial charge in [0.1, 0.15) is 10.0 Å². The Morgan fingerprint density at radius 2 is 1.81 bits per heavy atom. The molecule has 1 aliphatic rings. The molecule has 1 aliphatic heterocycles. The molecule has 3 rings (SSSR count). The number of halogens is 1. The molecule has 0 spiro atoms. The van der Waals surface area contributed by atoms with E-state index in [1.54, 1.807) is 18.5 Å². The van der Waals surface area contributed by atoms with Gasteiger partial charge in [0.25, 0.3) is 0 Å². The summed E-state index contributed by atoms with van der Waals surface area (Å²) >= 11 is 5.68. The fraction of sp³-hybridized carbons (Fsp3) is 0.438. The SMILES string of the molecule is O=S(=O)(NCCCN1CCN(c2ncccn2)CC1)c1ccc(Cl)nc1. The second kappa shape index (κ2) is 8.72. The summed E-state index contributed by atoms with van der Waals surface area (Å²) in [5.74, 6) is 0.761. The van der Waals surface area contributed by atoms with Crippen molar-refractivity contribution in [3.8, 4) is 0 Å². The predicted octanol–water partition coefficient (Wildman–Crippen LogP) is 1.02. The van der Waals surface area contributed by atoms with Gasteiger partial charge >= 0.3 is 0 Å². The zero-order valence-electron chi connectivity index (χ0n) is 14.3. The van der Waals surface area contributed by atoms with Crippen LogP contribution < -0.4 is 9.62 Å². The summed E-state index contributed by atoms with van der Waals surface area (Å²) < 4.78 is 26.9. The summed E-state index contributed by atoms with van der Waals surface area (Å²) in [7, 11) is -3.54. The van der Waals surface area contributed by atoms with Crippen molar-refractivity contribution in [1.82, 2.24) is 24.6 Å². The number of hydrogen-bond donors (Lipinski definition) is 1. The van der Waals surface area contributed by atoms with Crippen LogP contribution in [0.3, 0.4) is 0 Å². The van der Waals surface area contributed by atoms with Gasteiger partial charge in [-0.3, -0.25) is 4.90 Å². The molecule has 0 amide bonds. The molecule has 1 fully saturated rings. The first-order valence-corrected chi connectivity index (χ1v) is 10.3. The largest absolute Gasteiger partial charge is 0.338 e. The molecule has 0 aliphatic carbocycles. The molecule has 140 valence electrons. The van der Waals surface area contributed by atoms with Crippen LogP contribution in [0, 0.1) is 0 Å². The maximum absolute atomic E-state index is 12.2. The first kappa shape index (κ1) is 19.0. The maximum atomic E-state index is 12.2. The molecule has 1 N–H and O–H groups in total. The minimum atomic E-state index is -3.54. The lowest BCUT2D eigenvalue weighted by atomic mass is 10.3. The van der Waals surface area contributed by atoms with Gasteiger partial charge in [0, 0.05) is 51.3 Å². The molecule has 0 saturated carbocycles. The summed E-state index contributed by atoms with van der Waals surface area (Å²) in [4.78, 5) is 16.9. The molecule has 0 aromatic carbocycles. The Bertz CT molecular complexity index is 795. The smallest absolute Gasteiger partial charge is 0.242 e. The fourth-order valence-corrected chi connectivity index (χ4v) is 3.87. The van der Waals surface area contributed by atoms with Crippen molar-refractivity contribution in [3.05, 3.63) is 41.9 Å². The van der Waals surface area contributed by atoms with Crippen LogP contribution in [0.4, 0.5) is 5.95 Å². The van der Waals surface area contributed by atoms with Crippen molar-refractivity contribution in [2.45, 2.75) is 11.3 Å². The monoisotopic (exact) mass is 396 g/mol. The van der Waals surface area contributed by atoms with E-state index in [-0.39, 0.29) is 10.0 Å². The second-order valence-electron chi connectivity index (χ2n) is 5.95. The second-order valence-corrected chi connectivity index (χ2v) is 8.10. The Morgan fingerprint density at radius 1 is 1.08 bits per heavy atom. The molecule has 1 saturated heterocycles. The van der Waals surface area contributed by atoms with E-state index in [0.717, 1.165) is 45.1 Å². The first-order chi connectivity index (χ1) is 12.5. The third-order valence-electron chi connectivity index (χ3n) is 4.16. The zero-order chi connectivity index (χ0) is 18.4. The van der Waals surface area contributed by atoms with Gasteiger partial charge in [-0.2, -0.15) is 0 Å². The van der Waals surface area contributed by atoms with Crippen LogP contribution in [0.15, 0.2) is 41.7 Å². The van der Waals surface area contributed by atoms with Crippen molar-refractivity contribution < 1.29 is 8.42 Å². The standard InChI is InChI=1S/C16H21ClN6O2S/c17-15-4-3-14(13-20-15)26(24,25)21-7-2-8-22-9-11-23(12-10-22)16-18-5-1-6-19-16/h1,3-6,13,21H,2,7-12H2. The lowest BCUT2D eigenvalue weighted by molar-refractivity contribution is 0.254. The van der Waals surface area contributed by atoms with Crippen molar-refractivity contribution in [2.24, 2.45) is 0 Å². The minimum Gasteiger partial charge on any atom is -0.338 e. The van der Waals surface area contributed by atoms with E-state index in [2.05, 4.69) is 29.5 Å². The number of hydrogen-bond acceptors (Lipinski definition) is 7. The van der Waals surface area contributed by atoms with E-state index < -0.39 is 10.0 Å². The highest BCUT2D eigenvalue weighted by atomic mass is 35.5. The van der Waals surface area contributed by atoms with Crippen LogP contribution in [0.2, 0.25) is 5.15 Å². The molecule has 2 aromatic heterocycles. The number of rotatable bonds is 7. The number of anilines is 1. The molecule has 3 heterocycles. The van der Waals surface area contributed by atoms with Gasteiger partial charge in [0.15, 0.2) is 0 Å². The normalized spacial score (nSPS) is 16.0. The van der Waals surface area contributed by atoms with E-state index in [9.17, 15) is 8.42 Å². The fourth-order valence-electron chi connectivity index (χ4n) is 2.74. The molecular weight excluding hydrogens is 376 g/mol. The van der Waals surface area contributed by atoms with E-state index in [4.69, 9.17) is 11.6 Å². The van der Waals surface area contributed by atoms with Gasteiger partial charge < -0.3 is 4.90 Å². The van der Waals surface area contributed by atoms with Crippen molar-refractivity contribution in [3.63, 3.8) is 0 Å².